The number of esters is 1. The van der Waals surface area contributed by atoms with Crippen molar-refractivity contribution in [2.45, 2.75) is 33.4 Å². The molecule has 0 aliphatic carbocycles. The molecule has 4 aromatic rings. The first kappa shape index (κ1) is 21.3. The third kappa shape index (κ3) is 3.99. The van der Waals surface area contributed by atoms with Gasteiger partial charge in [0.1, 0.15) is 6.54 Å². The minimum atomic E-state index is -0.974. The Hall–Kier alpha value is -3.93. The molecule has 0 bridgehead atoms. The third-order valence-electron chi connectivity index (χ3n) is 5.57. The Bertz CT molecular complexity index is 1320. The van der Waals surface area contributed by atoms with Crippen LogP contribution in [0.5, 0.6) is 0 Å². The second kappa shape index (κ2) is 8.67. The summed E-state index contributed by atoms with van der Waals surface area (Å²) in [4.78, 5) is 38.3. The molecule has 0 saturated heterocycles. The monoisotopic (exact) mass is 428 g/mol. The van der Waals surface area contributed by atoms with Crippen LogP contribution in [0.3, 0.4) is 0 Å². The number of aromatic nitrogens is 1. The summed E-state index contributed by atoms with van der Waals surface area (Å²) in [5.41, 5.74) is 3.78. The van der Waals surface area contributed by atoms with Crippen molar-refractivity contribution in [1.29, 1.82) is 0 Å². The summed E-state index contributed by atoms with van der Waals surface area (Å²) in [6.07, 6.45) is -0.974. The van der Waals surface area contributed by atoms with Gasteiger partial charge in [-0.05, 0) is 56.2 Å². The van der Waals surface area contributed by atoms with Gasteiger partial charge in [-0.15, -0.1) is 0 Å². The van der Waals surface area contributed by atoms with Gasteiger partial charge in [0, 0.05) is 16.5 Å². The summed E-state index contributed by atoms with van der Waals surface area (Å²) in [7, 11) is 0. The highest BCUT2D eigenvalue weighted by molar-refractivity contribution is 5.97. The third-order valence-corrected chi connectivity index (χ3v) is 5.57. The summed E-state index contributed by atoms with van der Waals surface area (Å²) in [5.74, 6) is -0.960. The van der Waals surface area contributed by atoms with Crippen molar-refractivity contribution in [3.8, 4) is 0 Å². The van der Waals surface area contributed by atoms with Gasteiger partial charge in [0.05, 0.1) is 11.0 Å². The Morgan fingerprint density at radius 3 is 1.97 bits per heavy atom. The first-order valence-corrected chi connectivity index (χ1v) is 10.4. The van der Waals surface area contributed by atoms with Gasteiger partial charge in [-0.2, -0.15) is 0 Å². The van der Waals surface area contributed by atoms with Gasteiger partial charge < -0.3 is 14.6 Å². The second-order valence-electron chi connectivity index (χ2n) is 7.84. The lowest BCUT2D eigenvalue weighted by molar-refractivity contribution is -0.153. The predicted octanol–water partition coefficient (Wildman–Crippen LogP) is 4.34. The molecule has 1 atom stereocenters. The van der Waals surface area contributed by atoms with Crippen LogP contribution in [0, 0.1) is 13.8 Å². The molecule has 0 saturated carbocycles. The van der Waals surface area contributed by atoms with Crippen LogP contribution in [0.15, 0.2) is 71.5 Å². The molecule has 1 N–H and O–H groups in total. The van der Waals surface area contributed by atoms with Crippen LogP contribution < -0.4 is 10.7 Å². The van der Waals surface area contributed by atoms with Gasteiger partial charge in [-0.1, -0.05) is 42.5 Å². The van der Waals surface area contributed by atoms with Gasteiger partial charge in [0.15, 0.2) is 11.5 Å². The van der Waals surface area contributed by atoms with E-state index in [-0.39, 0.29) is 12.0 Å². The number of benzene rings is 3. The number of anilines is 1. The number of pyridine rings is 1. The molecule has 0 fully saturated rings. The maximum absolute atomic E-state index is 12.8. The maximum atomic E-state index is 12.8. The Labute approximate surface area is 185 Å². The summed E-state index contributed by atoms with van der Waals surface area (Å²) < 4.78 is 7.20. The van der Waals surface area contributed by atoms with Gasteiger partial charge in [0.25, 0.3) is 5.91 Å². The van der Waals surface area contributed by atoms with Crippen molar-refractivity contribution in [1.82, 2.24) is 4.57 Å². The number of nitrogens with zero attached hydrogens (tertiary/aromatic N) is 1. The molecular formula is C26H24N2O4. The van der Waals surface area contributed by atoms with E-state index in [4.69, 9.17) is 4.74 Å². The molecule has 3 aromatic carbocycles. The smallest absolute Gasteiger partial charge is 0.326 e. The molecule has 1 aromatic heterocycles. The molecular weight excluding hydrogens is 404 g/mol. The summed E-state index contributed by atoms with van der Waals surface area (Å²) in [6, 6.07) is 20.0. The fraction of sp³-hybridized carbons (Fsp3) is 0.192. The van der Waals surface area contributed by atoms with E-state index in [1.807, 2.05) is 44.2 Å². The number of fused-ring (bicyclic) bond motifs is 2. The SMILES string of the molecule is Cc1cccc(C)c1NC(=O)C(C)OC(=O)Cn1c2ccccc2c(=O)c2ccccc21. The Morgan fingerprint density at radius 1 is 0.875 bits per heavy atom. The van der Waals surface area contributed by atoms with E-state index in [1.54, 1.807) is 47.9 Å². The van der Waals surface area contributed by atoms with Crippen molar-refractivity contribution < 1.29 is 14.3 Å². The highest BCUT2D eigenvalue weighted by Gasteiger charge is 2.21. The van der Waals surface area contributed by atoms with Gasteiger partial charge >= 0.3 is 5.97 Å². The van der Waals surface area contributed by atoms with Gasteiger partial charge in [-0.3, -0.25) is 14.4 Å². The quantitative estimate of drug-likeness (QED) is 0.379. The average molecular weight is 428 g/mol. The predicted molar refractivity (Wildman–Crippen MR) is 126 cm³/mol. The molecule has 0 aliphatic rings. The van der Waals surface area contributed by atoms with Crippen LogP contribution in [-0.2, 0) is 20.9 Å². The lowest BCUT2D eigenvalue weighted by Gasteiger charge is -2.18. The molecule has 6 nitrogen and oxygen atoms in total. The molecule has 0 aliphatic heterocycles. The number of ether oxygens (including phenoxy) is 1. The highest BCUT2D eigenvalue weighted by atomic mass is 16.5. The number of hydrogen-bond donors (Lipinski definition) is 1. The van der Waals surface area contributed by atoms with Gasteiger partial charge in [-0.25, -0.2) is 0 Å². The second-order valence-corrected chi connectivity index (χ2v) is 7.84. The number of para-hydroxylation sites is 3. The largest absolute Gasteiger partial charge is 0.451 e. The van der Waals surface area contributed by atoms with E-state index in [9.17, 15) is 14.4 Å². The zero-order valence-corrected chi connectivity index (χ0v) is 18.2. The molecule has 6 heteroatoms. The topological polar surface area (TPSA) is 77.4 Å². The van der Waals surface area contributed by atoms with Crippen molar-refractivity contribution in [2.75, 3.05) is 5.32 Å². The molecule has 0 spiro atoms. The molecule has 162 valence electrons. The lowest BCUT2D eigenvalue weighted by Crippen LogP contribution is -2.32. The number of carbonyl (C=O) groups excluding carboxylic acids is 2. The molecule has 4 rings (SSSR count). The normalized spacial score (nSPS) is 12.0. The number of rotatable bonds is 5. The number of aryl methyl sites for hydroxylation is 2. The number of hydrogen-bond acceptors (Lipinski definition) is 4. The Morgan fingerprint density at radius 2 is 1.41 bits per heavy atom. The molecule has 32 heavy (non-hydrogen) atoms. The van der Waals surface area contributed by atoms with E-state index in [0.29, 0.717) is 21.8 Å². The standard InChI is InChI=1S/C26H24N2O4/c1-16-9-8-10-17(2)24(16)27-26(31)18(3)32-23(29)15-28-21-13-6-4-11-19(21)25(30)20-12-5-7-14-22(20)28/h4-14,18H,15H2,1-3H3,(H,27,31). The fourth-order valence-corrected chi connectivity index (χ4v) is 3.90. The minimum Gasteiger partial charge on any atom is -0.451 e. The zero-order valence-electron chi connectivity index (χ0n) is 18.2. The zero-order chi connectivity index (χ0) is 22.8. The van der Waals surface area contributed by atoms with Crippen LogP contribution in [0.2, 0.25) is 0 Å². The molecule has 1 unspecified atom stereocenters. The number of nitrogens with one attached hydrogen (secondary N) is 1. The first-order chi connectivity index (χ1) is 15.4. The van der Waals surface area contributed by atoms with Gasteiger partial charge in [0.2, 0.25) is 0 Å². The molecule has 1 amide bonds. The maximum Gasteiger partial charge on any atom is 0.326 e. The Kier molecular flexibility index (Phi) is 5.77. The first-order valence-electron chi connectivity index (χ1n) is 10.4. The van der Waals surface area contributed by atoms with Crippen LogP contribution in [0.4, 0.5) is 5.69 Å². The summed E-state index contributed by atoms with van der Waals surface area (Å²) in [5, 5.41) is 3.91. The highest BCUT2D eigenvalue weighted by Crippen LogP contribution is 2.21. The van der Waals surface area contributed by atoms with Crippen LogP contribution in [0.25, 0.3) is 21.8 Å². The number of carbonyl (C=O) groups is 2. The summed E-state index contributed by atoms with van der Waals surface area (Å²) in [6.45, 7) is 5.24. The van der Waals surface area contributed by atoms with E-state index in [2.05, 4.69) is 5.32 Å². The van der Waals surface area contributed by atoms with Crippen LogP contribution in [-0.4, -0.2) is 22.5 Å². The molecule has 0 radical (unpaired) electrons. The van der Waals surface area contributed by atoms with Crippen molar-refractivity contribution >= 4 is 39.4 Å². The van der Waals surface area contributed by atoms with E-state index < -0.39 is 18.0 Å². The van der Waals surface area contributed by atoms with E-state index >= 15 is 0 Å². The van der Waals surface area contributed by atoms with Crippen molar-refractivity contribution in [3.63, 3.8) is 0 Å². The fourth-order valence-electron chi connectivity index (χ4n) is 3.90. The number of amides is 1. The minimum absolute atomic E-state index is 0.0813. The van der Waals surface area contributed by atoms with Crippen molar-refractivity contribution in [2.24, 2.45) is 0 Å². The molecule has 1 heterocycles. The van der Waals surface area contributed by atoms with Crippen LogP contribution in [0.1, 0.15) is 18.1 Å². The summed E-state index contributed by atoms with van der Waals surface area (Å²) >= 11 is 0. The van der Waals surface area contributed by atoms with E-state index in [0.717, 1.165) is 16.8 Å². The Balaban J connectivity index is 1.58. The van der Waals surface area contributed by atoms with Crippen LogP contribution >= 0.6 is 0 Å². The van der Waals surface area contributed by atoms with Crippen molar-refractivity contribution in [3.05, 3.63) is 88.1 Å². The lowest BCUT2D eigenvalue weighted by atomic mass is 10.1. The van der Waals surface area contributed by atoms with E-state index in [1.165, 1.54) is 0 Å². The average Bonchev–Trinajstić information content (AvgIpc) is 2.79.